The number of benzene rings is 8. The molecule has 0 fully saturated rings. The lowest BCUT2D eigenvalue weighted by atomic mass is 9.88. The van der Waals surface area contributed by atoms with Crippen molar-refractivity contribution < 1.29 is 0 Å². The third-order valence-corrected chi connectivity index (χ3v) is 10.2. The maximum absolute atomic E-state index is 4.69. The van der Waals surface area contributed by atoms with Crippen molar-refractivity contribution in [2.24, 2.45) is 0 Å². The molecule has 2 heteroatoms. The molecule has 9 aromatic rings. The van der Waals surface area contributed by atoms with Crippen LogP contribution in [0.4, 0.5) is 0 Å². The fourth-order valence-electron chi connectivity index (χ4n) is 6.90. The molecule has 1 nitrogen and oxygen atoms in total. The molecule has 8 aromatic carbocycles. The van der Waals surface area contributed by atoms with Gasteiger partial charge in [-0.1, -0.05) is 139 Å². The van der Waals surface area contributed by atoms with E-state index in [2.05, 4.69) is 158 Å². The molecule has 9 rings (SSSR count). The lowest BCUT2D eigenvalue weighted by Gasteiger charge is -2.20. The molecule has 0 aliphatic heterocycles. The summed E-state index contributed by atoms with van der Waals surface area (Å²) in [5.74, 6) is 0. The van der Waals surface area contributed by atoms with Gasteiger partial charge in [0.25, 0.3) is 0 Å². The van der Waals surface area contributed by atoms with Crippen LogP contribution in [0, 0.1) is 0 Å². The van der Waals surface area contributed by atoms with E-state index in [1.165, 1.54) is 85.9 Å². The van der Waals surface area contributed by atoms with Gasteiger partial charge in [0.1, 0.15) is 0 Å². The van der Waals surface area contributed by atoms with Crippen LogP contribution in [-0.4, -0.2) is 4.98 Å². The lowest BCUT2D eigenvalue weighted by Crippen LogP contribution is -1.92. The highest BCUT2D eigenvalue weighted by Crippen LogP contribution is 2.49. The van der Waals surface area contributed by atoms with Gasteiger partial charge in [-0.15, -0.1) is 0 Å². The molecular weight excluding hydrogens is 563 g/mol. The van der Waals surface area contributed by atoms with Gasteiger partial charge in [0.15, 0.2) is 0 Å². The van der Waals surface area contributed by atoms with E-state index in [4.69, 9.17) is 4.98 Å². The summed E-state index contributed by atoms with van der Waals surface area (Å²) in [4.78, 5) is 7.19. The average Bonchev–Trinajstić information content (AvgIpc) is 3.11. The van der Waals surface area contributed by atoms with E-state index in [9.17, 15) is 0 Å². The Hall–Kier alpha value is -5.44. The summed E-state index contributed by atoms with van der Waals surface area (Å²) in [7, 11) is 0. The van der Waals surface area contributed by atoms with Crippen molar-refractivity contribution >= 4 is 65.6 Å². The molecule has 210 valence electrons. The zero-order valence-corrected chi connectivity index (χ0v) is 25.3. The number of rotatable bonds is 4. The number of fused-ring (bicyclic) bond motifs is 6. The van der Waals surface area contributed by atoms with E-state index in [1.54, 1.807) is 0 Å². The monoisotopic (exact) mass is 589 g/mol. The molecule has 0 bridgehead atoms. The van der Waals surface area contributed by atoms with Gasteiger partial charge >= 0.3 is 0 Å². The van der Waals surface area contributed by atoms with Crippen LogP contribution in [0.5, 0.6) is 0 Å². The van der Waals surface area contributed by atoms with E-state index >= 15 is 0 Å². The largest absolute Gasteiger partial charge is 0.264 e. The first-order chi connectivity index (χ1) is 22.3. The summed E-state index contributed by atoms with van der Waals surface area (Å²) in [6, 6.07) is 55.1. The molecule has 0 aliphatic carbocycles. The first kappa shape index (κ1) is 26.0. The third-order valence-electron chi connectivity index (χ3n) is 8.96. The average molecular weight is 590 g/mol. The standard InChI is InChI=1S/C43H27NS/c1-2-12-28(13-3-1)38-24-29-14-4-5-15-30(29)26-41(38)45-43-36-21-11-10-20-35(36)42(40-27-44-23-22-37(40)43)39-25-31-16-6-7-17-32(31)33-18-8-9-19-34(33)39/h1-27H. The number of aromatic nitrogens is 1. The van der Waals surface area contributed by atoms with Gasteiger partial charge in [-0.2, -0.15) is 0 Å². The number of nitrogens with zero attached hydrogens (tertiary/aromatic N) is 1. The van der Waals surface area contributed by atoms with Crippen molar-refractivity contribution in [1.82, 2.24) is 4.98 Å². The molecule has 1 aromatic heterocycles. The highest BCUT2D eigenvalue weighted by Gasteiger charge is 2.20. The number of hydrogen-bond acceptors (Lipinski definition) is 2. The van der Waals surface area contributed by atoms with Gasteiger partial charge in [0.2, 0.25) is 0 Å². The van der Waals surface area contributed by atoms with Crippen LogP contribution in [0.15, 0.2) is 174 Å². The summed E-state index contributed by atoms with van der Waals surface area (Å²) in [5.41, 5.74) is 4.95. The molecule has 0 spiro atoms. The topological polar surface area (TPSA) is 12.9 Å². The molecule has 0 saturated heterocycles. The van der Waals surface area contributed by atoms with Crippen molar-refractivity contribution in [3.63, 3.8) is 0 Å². The molecule has 45 heavy (non-hydrogen) atoms. The van der Waals surface area contributed by atoms with Crippen LogP contribution in [0.3, 0.4) is 0 Å². The van der Waals surface area contributed by atoms with Crippen LogP contribution in [0.2, 0.25) is 0 Å². The predicted molar refractivity (Wildman–Crippen MR) is 193 cm³/mol. The zero-order valence-electron chi connectivity index (χ0n) is 24.4. The van der Waals surface area contributed by atoms with E-state index in [-0.39, 0.29) is 0 Å². The smallest absolute Gasteiger partial charge is 0.0353 e. The normalized spacial score (nSPS) is 11.6. The van der Waals surface area contributed by atoms with Gasteiger partial charge in [-0.05, 0) is 95.0 Å². The second-order valence-corrected chi connectivity index (χ2v) is 12.6. The minimum atomic E-state index is 1.17. The van der Waals surface area contributed by atoms with Crippen LogP contribution in [0.1, 0.15) is 0 Å². The Morgan fingerprint density at radius 2 is 0.978 bits per heavy atom. The third kappa shape index (κ3) is 4.29. The molecule has 0 amide bonds. The predicted octanol–water partition coefficient (Wildman–Crippen LogP) is 12.3. The molecule has 0 radical (unpaired) electrons. The molecule has 0 aliphatic rings. The van der Waals surface area contributed by atoms with Gasteiger partial charge in [-0.3, -0.25) is 4.98 Å². The maximum atomic E-state index is 4.69. The Morgan fingerprint density at radius 3 is 1.78 bits per heavy atom. The Kier molecular flexibility index (Phi) is 6.14. The van der Waals surface area contributed by atoms with Gasteiger partial charge < -0.3 is 0 Å². The van der Waals surface area contributed by atoms with Crippen LogP contribution in [-0.2, 0) is 0 Å². The molecule has 0 N–H and O–H groups in total. The van der Waals surface area contributed by atoms with Gasteiger partial charge in [-0.25, -0.2) is 0 Å². The number of hydrogen-bond donors (Lipinski definition) is 0. The second-order valence-electron chi connectivity index (χ2n) is 11.5. The van der Waals surface area contributed by atoms with E-state index in [0.29, 0.717) is 0 Å². The van der Waals surface area contributed by atoms with E-state index < -0.39 is 0 Å². The van der Waals surface area contributed by atoms with Crippen LogP contribution >= 0.6 is 11.8 Å². The zero-order chi connectivity index (χ0) is 29.7. The summed E-state index contributed by atoms with van der Waals surface area (Å²) in [6.07, 6.45) is 3.99. The molecule has 0 saturated carbocycles. The summed E-state index contributed by atoms with van der Waals surface area (Å²) in [6.45, 7) is 0. The van der Waals surface area contributed by atoms with E-state index in [1.807, 2.05) is 18.0 Å². The molecule has 1 heterocycles. The molecule has 0 unspecified atom stereocenters. The van der Waals surface area contributed by atoms with Crippen molar-refractivity contribution in [3.05, 3.63) is 164 Å². The molecule has 0 atom stereocenters. The second kappa shape index (κ2) is 10.6. The van der Waals surface area contributed by atoms with Crippen molar-refractivity contribution in [3.8, 4) is 22.3 Å². The van der Waals surface area contributed by atoms with E-state index in [0.717, 1.165) is 0 Å². The summed E-state index contributed by atoms with van der Waals surface area (Å²) >= 11 is 1.87. The Bertz CT molecular complexity index is 2510. The fraction of sp³-hybridized carbons (Fsp3) is 0. The Labute approximate surface area is 265 Å². The Morgan fingerprint density at radius 1 is 0.400 bits per heavy atom. The SMILES string of the molecule is c1ccc(-c2cc3ccccc3cc2Sc2c3ccccc3c(-c3cc4ccccc4c4ccccc34)c3cnccc23)cc1. The highest BCUT2D eigenvalue weighted by molar-refractivity contribution is 8.00. The first-order valence-corrected chi connectivity index (χ1v) is 16.1. The van der Waals surface area contributed by atoms with Crippen molar-refractivity contribution in [2.75, 3.05) is 0 Å². The molecular formula is C43H27NS. The lowest BCUT2D eigenvalue weighted by molar-refractivity contribution is 1.36. The summed E-state index contributed by atoms with van der Waals surface area (Å²) in [5, 5.41) is 12.4. The van der Waals surface area contributed by atoms with Crippen molar-refractivity contribution in [1.29, 1.82) is 0 Å². The Balaban J connectivity index is 1.36. The minimum absolute atomic E-state index is 1.17. The first-order valence-electron chi connectivity index (χ1n) is 15.3. The van der Waals surface area contributed by atoms with Gasteiger partial charge in [0.05, 0.1) is 0 Å². The number of pyridine rings is 1. The minimum Gasteiger partial charge on any atom is -0.264 e. The maximum Gasteiger partial charge on any atom is 0.0353 e. The van der Waals surface area contributed by atoms with Crippen LogP contribution in [0.25, 0.3) is 76.1 Å². The van der Waals surface area contributed by atoms with Crippen LogP contribution < -0.4 is 0 Å². The van der Waals surface area contributed by atoms with Gasteiger partial charge in [0, 0.05) is 27.6 Å². The quantitative estimate of drug-likeness (QED) is 0.150. The van der Waals surface area contributed by atoms with Crippen molar-refractivity contribution in [2.45, 2.75) is 9.79 Å². The summed E-state index contributed by atoms with van der Waals surface area (Å²) < 4.78 is 0. The fourth-order valence-corrected chi connectivity index (χ4v) is 8.17. The highest BCUT2D eigenvalue weighted by atomic mass is 32.2.